The van der Waals surface area contributed by atoms with E-state index in [1.165, 1.54) is 12.8 Å². The lowest BCUT2D eigenvalue weighted by Crippen LogP contribution is -2.46. The van der Waals surface area contributed by atoms with E-state index in [1.54, 1.807) is 0 Å². The lowest BCUT2D eigenvalue weighted by molar-refractivity contribution is -0.931. The Kier molecular flexibility index (Phi) is 7.15. The van der Waals surface area contributed by atoms with Crippen molar-refractivity contribution < 1.29 is 14.3 Å². The van der Waals surface area contributed by atoms with E-state index in [1.807, 2.05) is 0 Å². The fourth-order valence-electron chi connectivity index (χ4n) is 1.28. The quantitative estimate of drug-likeness (QED) is 0.199. The molecule has 0 rings (SSSR count). The Labute approximate surface area is 88.5 Å². The molecule has 0 saturated carbocycles. The van der Waals surface area contributed by atoms with Crippen LogP contribution < -0.4 is 0 Å². The first-order valence-corrected chi connectivity index (χ1v) is 5.61. The molecule has 0 N–H and O–H groups in total. The summed E-state index contributed by atoms with van der Waals surface area (Å²) < 4.78 is 0.782. The smallest absolute Gasteiger partial charge is 0.223 e. The van der Waals surface area contributed by atoms with Gasteiger partial charge in [0, 0.05) is 6.42 Å². The summed E-state index contributed by atoms with van der Waals surface area (Å²) in [5.41, 5.74) is 0. The van der Waals surface area contributed by atoms with E-state index in [4.69, 9.17) is 9.78 Å². The second-order valence-corrected chi connectivity index (χ2v) is 4.60. The normalized spacial score (nSPS) is 14.4. The van der Waals surface area contributed by atoms with Crippen LogP contribution >= 0.6 is 0 Å². The molecule has 0 aliphatic heterocycles. The highest BCUT2D eigenvalue weighted by Crippen LogP contribution is 2.09. The van der Waals surface area contributed by atoms with Crippen LogP contribution in [0.4, 0.5) is 0 Å². The molecule has 0 heterocycles. The molecule has 0 spiro atoms. The summed E-state index contributed by atoms with van der Waals surface area (Å²) in [6, 6.07) is 0. The third-order valence-electron chi connectivity index (χ3n) is 2.22. The van der Waals surface area contributed by atoms with Crippen LogP contribution in [0.3, 0.4) is 0 Å². The van der Waals surface area contributed by atoms with Gasteiger partial charge >= 0.3 is 0 Å². The minimum absolute atomic E-state index is 0.136. The van der Waals surface area contributed by atoms with E-state index in [0.717, 1.165) is 17.3 Å². The lowest BCUT2D eigenvalue weighted by Gasteiger charge is -2.31. The summed E-state index contributed by atoms with van der Waals surface area (Å²) in [4.78, 5) is 10.6. The lowest BCUT2D eigenvalue weighted by atomic mass is 10.3. The molecule has 3 nitrogen and oxygen atoms in total. The molecule has 86 valence electrons. The van der Waals surface area contributed by atoms with Gasteiger partial charge in [-0.15, -0.1) is 0 Å². The standard InChI is InChI=1S/C11H26NO2/c1-6-8-9-10-13-14-11(7-2)12(3,4)5/h11H,6-10H2,1-5H3/q+1. The largest absolute Gasteiger partial charge is 0.304 e. The third kappa shape index (κ3) is 6.35. The van der Waals surface area contributed by atoms with Gasteiger partial charge in [0.05, 0.1) is 27.7 Å². The molecule has 0 saturated heterocycles. The summed E-state index contributed by atoms with van der Waals surface area (Å²) >= 11 is 0. The molecule has 0 aromatic heterocycles. The molecule has 0 bridgehead atoms. The molecule has 1 atom stereocenters. The zero-order chi connectivity index (χ0) is 11.0. The van der Waals surface area contributed by atoms with Crippen LogP contribution in [0.1, 0.15) is 39.5 Å². The first kappa shape index (κ1) is 13.9. The monoisotopic (exact) mass is 204 g/mol. The molecule has 0 fully saturated rings. The summed E-state index contributed by atoms with van der Waals surface area (Å²) in [6.07, 6.45) is 4.62. The van der Waals surface area contributed by atoms with Crippen LogP contribution in [-0.2, 0) is 9.78 Å². The van der Waals surface area contributed by atoms with Gasteiger partial charge in [-0.25, -0.2) is 4.89 Å². The second-order valence-electron chi connectivity index (χ2n) is 4.60. The topological polar surface area (TPSA) is 18.5 Å². The summed E-state index contributed by atoms with van der Waals surface area (Å²) in [5.74, 6) is 0. The maximum Gasteiger partial charge on any atom is 0.223 e. The molecule has 0 aromatic carbocycles. The predicted octanol–water partition coefficient (Wildman–Crippen LogP) is 2.57. The molecule has 0 radical (unpaired) electrons. The van der Waals surface area contributed by atoms with Crippen LogP contribution in [0.2, 0.25) is 0 Å². The zero-order valence-corrected chi connectivity index (χ0v) is 10.4. The maximum absolute atomic E-state index is 5.37. The molecule has 0 aromatic rings. The van der Waals surface area contributed by atoms with E-state index in [0.29, 0.717) is 6.61 Å². The van der Waals surface area contributed by atoms with Crippen molar-refractivity contribution in [3.05, 3.63) is 0 Å². The van der Waals surface area contributed by atoms with Crippen LogP contribution in [0.5, 0.6) is 0 Å². The predicted molar refractivity (Wildman–Crippen MR) is 58.7 cm³/mol. The maximum atomic E-state index is 5.37. The Bertz CT molecular complexity index is 132. The summed E-state index contributed by atoms with van der Waals surface area (Å²) in [6.45, 7) is 5.01. The number of rotatable bonds is 8. The molecule has 3 heteroatoms. The number of hydrogen-bond donors (Lipinski definition) is 0. The summed E-state index contributed by atoms with van der Waals surface area (Å²) in [5, 5.41) is 0. The van der Waals surface area contributed by atoms with Crippen molar-refractivity contribution in [1.82, 2.24) is 0 Å². The molecular weight excluding hydrogens is 178 g/mol. The van der Waals surface area contributed by atoms with E-state index >= 15 is 0 Å². The van der Waals surface area contributed by atoms with Crippen LogP contribution in [-0.4, -0.2) is 38.5 Å². The Morgan fingerprint density at radius 3 is 2.14 bits per heavy atom. The minimum Gasteiger partial charge on any atom is -0.304 e. The fraction of sp³-hybridized carbons (Fsp3) is 1.00. The van der Waals surface area contributed by atoms with Gasteiger partial charge < -0.3 is 4.48 Å². The van der Waals surface area contributed by atoms with E-state index < -0.39 is 0 Å². The Balaban J connectivity index is 3.54. The SMILES string of the molecule is CCCCCOOC(CC)[N+](C)(C)C. The average Bonchev–Trinajstić information content (AvgIpc) is 2.09. The zero-order valence-electron chi connectivity index (χ0n) is 10.4. The molecule has 14 heavy (non-hydrogen) atoms. The van der Waals surface area contributed by atoms with Gasteiger partial charge in [0.25, 0.3) is 0 Å². The van der Waals surface area contributed by atoms with Crippen molar-refractivity contribution in [3.8, 4) is 0 Å². The number of unbranched alkanes of at least 4 members (excludes halogenated alkanes) is 2. The first-order valence-electron chi connectivity index (χ1n) is 5.61. The highest BCUT2D eigenvalue weighted by atomic mass is 17.2. The van der Waals surface area contributed by atoms with Crippen molar-refractivity contribution in [2.24, 2.45) is 0 Å². The van der Waals surface area contributed by atoms with Crippen molar-refractivity contribution in [2.45, 2.75) is 45.8 Å². The molecule has 0 aliphatic carbocycles. The Morgan fingerprint density at radius 2 is 1.71 bits per heavy atom. The molecule has 1 unspecified atom stereocenters. The van der Waals surface area contributed by atoms with Gasteiger partial charge in [-0.2, -0.15) is 4.89 Å². The van der Waals surface area contributed by atoms with Crippen molar-refractivity contribution >= 4 is 0 Å². The minimum atomic E-state index is 0.136. The molecular formula is C11H26NO2+. The van der Waals surface area contributed by atoms with Crippen LogP contribution in [0.25, 0.3) is 0 Å². The Hall–Kier alpha value is -0.120. The highest BCUT2D eigenvalue weighted by molar-refractivity contribution is 4.36. The van der Waals surface area contributed by atoms with Gasteiger partial charge in [-0.3, -0.25) is 0 Å². The van der Waals surface area contributed by atoms with Gasteiger partial charge in [-0.05, 0) is 6.42 Å². The fourth-order valence-corrected chi connectivity index (χ4v) is 1.28. The summed E-state index contributed by atoms with van der Waals surface area (Å²) in [7, 11) is 6.34. The third-order valence-corrected chi connectivity index (χ3v) is 2.22. The van der Waals surface area contributed by atoms with Crippen LogP contribution in [0.15, 0.2) is 0 Å². The van der Waals surface area contributed by atoms with Gasteiger partial charge in [0.1, 0.15) is 0 Å². The number of nitrogens with zero attached hydrogens (tertiary/aromatic N) is 1. The first-order chi connectivity index (χ1) is 6.52. The van der Waals surface area contributed by atoms with E-state index in [2.05, 4.69) is 35.0 Å². The second kappa shape index (κ2) is 7.21. The van der Waals surface area contributed by atoms with Crippen LogP contribution in [0, 0.1) is 0 Å². The van der Waals surface area contributed by atoms with Crippen molar-refractivity contribution in [2.75, 3.05) is 27.7 Å². The van der Waals surface area contributed by atoms with E-state index in [-0.39, 0.29) is 6.23 Å². The molecule has 0 aliphatic rings. The van der Waals surface area contributed by atoms with Gasteiger partial charge in [0.2, 0.25) is 6.23 Å². The van der Waals surface area contributed by atoms with Gasteiger partial charge in [0.15, 0.2) is 0 Å². The van der Waals surface area contributed by atoms with E-state index in [9.17, 15) is 0 Å². The van der Waals surface area contributed by atoms with Crippen molar-refractivity contribution in [3.63, 3.8) is 0 Å². The Morgan fingerprint density at radius 1 is 1.07 bits per heavy atom. The average molecular weight is 204 g/mol. The number of hydrogen-bond acceptors (Lipinski definition) is 2. The number of quaternary nitrogens is 1. The van der Waals surface area contributed by atoms with Gasteiger partial charge in [-0.1, -0.05) is 26.7 Å². The highest BCUT2D eigenvalue weighted by Gasteiger charge is 2.23. The van der Waals surface area contributed by atoms with Crippen molar-refractivity contribution in [1.29, 1.82) is 0 Å². The molecule has 0 amide bonds.